The molecule has 1 aliphatic rings. The lowest BCUT2D eigenvalue weighted by Gasteiger charge is -2.33. The maximum atomic E-state index is 15.9. The van der Waals surface area contributed by atoms with E-state index >= 15 is 8.78 Å². The molecule has 222 valence electrons. The van der Waals surface area contributed by atoms with Gasteiger partial charge in [0, 0.05) is 47.6 Å². The molecule has 0 bridgehead atoms. The number of hydrogen-bond donors (Lipinski definition) is 0. The van der Waals surface area contributed by atoms with Gasteiger partial charge in [0.2, 0.25) is 5.91 Å². The summed E-state index contributed by atoms with van der Waals surface area (Å²) in [7, 11) is 3.19. The summed E-state index contributed by atoms with van der Waals surface area (Å²) in [6, 6.07) is 8.88. The number of amides is 1. The average Bonchev–Trinajstić information content (AvgIpc) is 3.73. The molecular weight excluding hydrogens is 589 g/mol. The predicted molar refractivity (Wildman–Crippen MR) is 163 cm³/mol. The summed E-state index contributed by atoms with van der Waals surface area (Å²) in [6.45, 7) is 6.30. The zero-order valence-corrected chi connectivity index (χ0v) is 24.8. The highest BCUT2D eigenvalue weighted by molar-refractivity contribution is 7.17. The third-order valence-electron chi connectivity index (χ3n) is 8.12. The zero-order valence-electron chi connectivity index (χ0n) is 23.9. The van der Waals surface area contributed by atoms with Crippen molar-refractivity contribution in [3.63, 3.8) is 0 Å². The normalized spacial score (nSPS) is 14.8. The van der Waals surface area contributed by atoms with Gasteiger partial charge in [0.15, 0.2) is 0 Å². The van der Waals surface area contributed by atoms with Crippen LogP contribution in [0.25, 0.3) is 54.9 Å². The highest BCUT2D eigenvalue weighted by Gasteiger charge is 2.32. The fourth-order valence-electron chi connectivity index (χ4n) is 5.98. The molecule has 0 N–H and O–H groups in total. The van der Waals surface area contributed by atoms with Crippen LogP contribution in [0.2, 0.25) is 0 Å². The molecular formula is C32H25F3N6O2S. The van der Waals surface area contributed by atoms with Gasteiger partial charge in [-0.2, -0.15) is 5.10 Å². The molecule has 2 aromatic carbocycles. The number of carbonyl (C=O) groups excluding carboxylic acids is 1. The first-order valence-electron chi connectivity index (χ1n) is 13.8. The van der Waals surface area contributed by atoms with Crippen LogP contribution >= 0.6 is 11.3 Å². The van der Waals surface area contributed by atoms with E-state index in [-0.39, 0.29) is 39.9 Å². The van der Waals surface area contributed by atoms with E-state index in [2.05, 4.69) is 11.6 Å². The Kier molecular flexibility index (Phi) is 6.54. The summed E-state index contributed by atoms with van der Waals surface area (Å²) in [4.78, 5) is 23.7. The van der Waals surface area contributed by atoms with Crippen molar-refractivity contribution in [1.82, 2.24) is 29.2 Å². The van der Waals surface area contributed by atoms with E-state index in [9.17, 15) is 9.18 Å². The van der Waals surface area contributed by atoms with Crippen molar-refractivity contribution in [2.45, 2.75) is 19.5 Å². The van der Waals surface area contributed by atoms with Gasteiger partial charge in [-0.1, -0.05) is 12.6 Å². The average molecular weight is 615 g/mol. The van der Waals surface area contributed by atoms with Crippen LogP contribution in [0.5, 0.6) is 5.75 Å². The van der Waals surface area contributed by atoms with Crippen molar-refractivity contribution in [2.75, 3.05) is 13.7 Å². The lowest BCUT2D eigenvalue weighted by atomic mass is 9.94. The summed E-state index contributed by atoms with van der Waals surface area (Å²) in [5.41, 5.74) is 4.00. The molecule has 4 aromatic heterocycles. The Morgan fingerprint density at radius 3 is 2.68 bits per heavy atom. The van der Waals surface area contributed by atoms with E-state index < -0.39 is 17.5 Å². The maximum absolute atomic E-state index is 15.9. The van der Waals surface area contributed by atoms with Crippen LogP contribution < -0.4 is 4.74 Å². The van der Waals surface area contributed by atoms with Gasteiger partial charge in [0.25, 0.3) is 0 Å². The molecule has 1 amide bonds. The molecule has 1 aliphatic heterocycles. The highest BCUT2D eigenvalue weighted by atomic mass is 32.1. The molecule has 8 nitrogen and oxygen atoms in total. The smallest absolute Gasteiger partial charge is 0.246 e. The van der Waals surface area contributed by atoms with Gasteiger partial charge in [-0.05, 0) is 31.2 Å². The number of carbonyl (C=O) groups is 1. The molecule has 0 fully saturated rings. The van der Waals surface area contributed by atoms with E-state index in [1.54, 1.807) is 22.0 Å². The molecule has 44 heavy (non-hydrogen) atoms. The topological polar surface area (TPSA) is 78.1 Å². The monoisotopic (exact) mass is 614 g/mol. The number of aryl methyl sites for hydroxylation is 1. The minimum absolute atomic E-state index is 0.0953. The van der Waals surface area contributed by atoms with Crippen molar-refractivity contribution in [3.8, 4) is 39.5 Å². The number of aromatic nitrogens is 5. The Hall–Kier alpha value is -4.97. The number of halogens is 3. The first-order chi connectivity index (χ1) is 21.2. The van der Waals surface area contributed by atoms with Crippen LogP contribution in [0.3, 0.4) is 0 Å². The fraction of sp³-hybridized carbons (Fsp3) is 0.188. The highest BCUT2D eigenvalue weighted by Crippen LogP contribution is 2.48. The summed E-state index contributed by atoms with van der Waals surface area (Å²) in [5, 5.41) is 6.26. The van der Waals surface area contributed by atoms with Crippen molar-refractivity contribution in [3.05, 3.63) is 83.9 Å². The van der Waals surface area contributed by atoms with Gasteiger partial charge in [-0.15, -0.1) is 11.3 Å². The number of methoxy groups -OCH3 is 1. The maximum Gasteiger partial charge on any atom is 0.246 e. The largest absolute Gasteiger partial charge is 0.496 e. The molecule has 0 saturated heterocycles. The van der Waals surface area contributed by atoms with Crippen LogP contribution in [0.15, 0.2) is 60.8 Å². The number of nitrogens with zero attached hydrogens (tertiary/aromatic N) is 6. The molecule has 0 aliphatic carbocycles. The molecule has 5 heterocycles. The van der Waals surface area contributed by atoms with Gasteiger partial charge in [-0.3, -0.25) is 9.48 Å². The summed E-state index contributed by atoms with van der Waals surface area (Å²) >= 11 is 1.14. The van der Waals surface area contributed by atoms with E-state index in [4.69, 9.17) is 14.8 Å². The summed E-state index contributed by atoms with van der Waals surface area (Å²) in [6.07, 6.45) is 2.97. The minimum atomic E-state index is -0.931. The quantitative estimate of drug-likeness (QED) is 0.198. The van der Waals surface area contributed by atoms with Gasteiger partial charge < -0.3 is 14.2 Å². The Morgan fingerprint density at radius 1 is 1.09 bits per heavy atom. The van der Waals surface area contributed by atoms with Crippen LogP contribution in [0, 0.1) is 17.5 Å². The van der Waals surface area contributed by atoms with E-state index in [0.29, 0.717) is 34.7 Å². The standard InChI is InChI=1S/C32H25F3N6O2S/c1-5-26(42)40-8-9-41-24(16(40)2)13-22(38-41)31-29(27-19(34)11-18(33)12-25(27)43-4)28-20(35)14-44-32(28)30(37-31)17-6-7-23-21(10-17)36-15-39(23)3/h5-7,10-16H,1,8-9H2,2-4H3/t16-/m1/s1. The Bertz CT molecular complexity index is 2150. The van der Waals surface area contributed by atoms with Crippen molar-refractivity contribution in [2.24, 2.45) is 7.05 Å². The van der Waals surface area contributed by atoms with Crippen molar-refractivity contribution >= 4 is 38.4 Å². The molecule has 6 aromatic rings. The molecule has 0 radical (unpaired) electrons. The zero-order chi connectivity index (χ0) is 30.9. The van der Waals surface area contributed by atoms with Crippen molar-refractivity contribution < 1.29 is 22.7 Å². The SMILES string of the molecule is C=CC(=O)N1CCn2nc(-c3nc(-c4ccc5c(c4)ncn5C)c4scc(F)c4c3-c3c(F)cc(F)cc3OC)cc2[C@H]1C. The van der Waals surface area contributed by atoms with Gasteiger partial charge >= 0.3 is 0 Å². The first kappa shape index (κ1) is 27.8. The van der Waals surface area contributed by atoms with E-state index in [1.807, 2.05) is 36.7 Å². The Morgan fingerprint density at radius 2 is 1.91 bits per heavy atom. The second-order valence-electron chi connectivity index (χ2n) is 10.6. The number of fused-ring (bicyclic) bond motifs is 3. The van der Waals surface area contributed by atoms with E-state index in [0.717, 1.165) is 40.2 Å². The van der Waals surface area contributed by atoms with Gasteiger partial charge in [0.05, 0.1) is 58.7 Å². The number of rotatable bonds is 5. The van der Waals surface area contributed by atoms with Gasteiger partial charge in [-0.25, -0.2) is 23.1 Å². The minimum Gasteiger partial charge on any atom is -0.496 e. The summed E-state index contributed by atoms with van der Waals surface area (Å²) < 4.78 is 55.6. The summed E-state index contributed by atoms with van der Waals surface area (Å²) in [5.74, 6) is -2.68. The number of ether oxygens (including phenoxy) is 1. The predicted octanol–water partition coefficient (Wildman–Crippen LogP) is 6.90. The van der Waals surface area contributed by atoms with Crippen LogP contribution in [0.4, 0.5) is 13.2 Å². The van der Waals surface area contributed by atoms with Crippen molar-refractivity contribution in [1.29, 1.82) is 0 Å². The number of hydrogen-bond acceptors (Lipinski definition) is 6. The molecule has 0 unspecified atom stereocenters. The van der Waals surface area contributed by atoms with Crippen LogP contribution in [-0.2, 0) is 18.4 Å². The van der Waals surface area contributed by atoms with Crippen LogP contribution in [-0.4, -0.2) is 48.8 Å². The fourth-order valence-corrected chi connectivity index (χ4v) is 6.91. The number of imidazole rings is 1. The Labute approximate surface area is 253 Å². The third-order valence-corrected chi connectivity index (χ3v) is 9.08. The second kappa shape index (κ2) is 10.3. The molecule has 7 rings (SSSR count). The second-order valence-corrected chi connectivity index (χ2v) is 11.5. The van der Waals surface area contributed by atoms with E-state index in [1.165, 1.54) is 18.6 Å². The Balaban J connectivity index is 1.55. The lowest BCUT2D eigenvalue weighted by Crippen LogP contribution is -2.40. The van der Waals surface area contributed by atoms with Crippen LogP contribution in [0.1, 0.15) is 18.7 Å². The number of pyridine rings is 1. The lowest BCUT2D eigenvalue weighted by molar-refractivity contribution is -0.129. The molecule has 0 saturated carbocycles. The number of thiophene rings is 1. The molecule has 0 spiro atoms. The van der Waals surface area contributed by atoms with Gasteiger partial charge in [0.1, 0.15) is 34.6 Å². The molecule has 12 heteroatoms. The number of benzene rings is 2. The first-order valence-corrected chi connectivity index (χ1v) is 14.6. The molecule has 1 atom stereocenters. The third kappa shape index (κ3) is 4.20.